The number of carbonyl (C=O) groups is 1. The monoisotopic (exact) mass is 307 g/mol. The molecule has 20 heavy (non-hydrogen) atoms. The third-order valence-corrected chi connectivity index (χ3v) is 3.57. The van der Waals surface area contributed by atoms with Crippen LogP contribution in [-0.2, 0) is 4.79 Å². The van der Waals surface area contributed by atoms with E-state index < -0.39 is 23.9 Å². The zero-order chi connectivity index (χ0) is 14.8. The van der Waals surface area contributed by atoms with Crippen LogP contribution >= 0.6 is 11.6 Å². The van der Waals surface area contributed by atoms with Gasteiger partial charge in [-0.2, -0.15) is 13.2 Å². The number of rotatable bonds is 2. The first kappa shape index (κ1) is 15.0. The van der Waals surface area contributed by atoms with Crippen LogP contribution in [-0.4, -0.2) is 22.1 Å². The second kappa shape index (κ2) is 5.95. The topological polar surface area (TPSA) is 54.9 Å². The maximum absolute atomic E-state index is 12.7. The normalized spacial score (nSPS) is 23.4. The van der Waals surface area contributed by atoms with Gasteiger partial charge in [-0.3, -0.25) is 4.79 Å². The molecule has 1 N–H and O–H groups in total. The fourth-order valence-corrected chi connectivity index (χ4v) is 2.43. The summed E-state index contributed by atoms with van der Waals surface area (Å²) in [6, 6.07) is 0. The van der Waals surface area contributed by atoms with Crippen LogP contribution in [0.4, 0.5) is 19.0 Å². The van der Waals surface area contributed by atoms with Gasteiger partial charge in [0.15, 0.2) is 5.82 Å². The van der Waals surface area contributed by atoms with E-state index in [1.165, 1.54) is 12.4 Å². The number of carbonyl (C=O) groups excluding carboxylic acids is 1. The molecule has 0 bridgehead atoms. The average Bonchev–Trinajstić information content (AvgIpc) is 2.40. The Morgan fingerprint density at radius 2 is 2.05 bits per heavy atom. The highest BCUT2D eigenvalue weighted by atomic mass is 35.5. The first-order valence-electron chi connectivity index (χ1n) is 6.21. The van der Waals surface area contributed by atoms with E-state index in [2.05, 4.69) is 15.3 Å². The molecule has 0 radical (unpaired) electrons. The van der Waals surface area contributed by atoms with Crippen LogP contribution in [0.3, 0.4) is 0 Å². The minimum atomic E-state index is -4.24. The van der Waals surface area contributed by atoms with E-state index in [9.17, 15) is 18.0 Å². The van der Waals surface area contributed by atoms with Crippen LogP contribution in [0.1, 0.15) is 25.7 Å². The predicted octanol–water partition coefficient (Wildman–Crippen LogP) is 3.44. The van der Waals surface area contributed by atoms with Gasteiger partial charge in [0.2, 0.25) is 5.91 Å². The van der Waals surface area contributed by atoms with Crippen molar-refractivity contribution in [2.45, 2.75) is 31.9 Å². The van der Waals surface area contributed by atoms with Crippen molar-refractivity contribution in [3.8, 4) is 0 Å². The molecule has 0 aliphatic heterocycles. The molecule has 2 rings (SSSR count). The number of hydrogen-bond acceptors (Lipinski definition) is 3. The quantitative estimate of drug-likeness (QED) is 0.910. The Kier molecular flexibility index (Phi) is 4.47. The molecule has 2 unspecified atom stereocenters. The fraction of sp³-hybridized carbons (Fsp3) is 0.583. The highest BCUT2D eigenvalue weighted by Crippen LogP contribution is 2.40. The molecule has 1 aromatic heterocycles. The van der Waals surface area contributed by atoms with Gasteiger partial charge in [0.05, 0.1) is 18.3 Å². The van der Waals surface area contributed by atoms with Crippen molar-refractivity contribution in [2.75, 3.05) is 5.32 Å². The van der Waals surface area contributed by atoms with E-state index in [1.807, 2.05) is 0 Å². The maximum Gasteiger partial charge on any atom is 0.391 e. The molecule has 8 heteroatoms. The molecule has 0 saturated heterocycles. The van der Waals surface area contributed by atoms with Gasteiger partial charge in [-0.1, -0.05) is 18.0 Å². The summed E-state index contributed by atoms with van der Waals surface area (Å²) in [6.45, 7) is 0. The van der Waals surface area contributed by atoms with Gasteiger partial charge in [-0.15, -0.1) is 0 Å². The van der Waals surface area contributed by atoms with Gasteiger partial charge in [0, 0.05) is 5.92 Å². The first-order chi connectivity index (χ1) is 9.36. The van der Waals surface area contributed by atoms with Gasteiger partial charge in [0.1, 0.15) is 5.15 Å². The Labute approximate surface area is 118 Å². The molecule has 1 fully saturated rings. The Balaban J connectivity index is 1.97. The summed E-state index contributed by atoms with van der Waals surface area (Å²) in [5.41, 5.74) is 0. The second-order valence-corrected chi connectivity index (χ2v) is 5.20. The maximum atomic E-state index is 12.7. The Hall–Kier alpha value is -1.37. The summed E-state index contributed by atoms with van der Waals surface area (Å²) in [5, 5.41) is 2.65. The molecule has 1 amide bonds. The van der Waals surface area contributed by atoms with E-state index in [4.69, 9.17) is 11.6 Å². The number of anilines is 1. The molecule has 4 nitrogen and oxygen atoms in total. The van der Waals surface area contributed by atoms with Crippen molar-refractivity contribution in [1.82, 2.24) is 9.97 Å². The average molecular weight is 308 g/mol. The van der Waals surface area contributed by atoms with Crippen LogP contribution < -0.4 is 5.32 Å². The molecule has 110 valence electrons. The number of aromatic nitrogens is 2. The third kappa shape index (κ3) is 3.82. The van der Waals surface area contributed by atoms with Crippen LogP contribution in [0.2, 0.25) is 5.15 Å². The summed E-state index contributed by atoms with van der Waals surface area (Å²) < 4.78 is 38.0. The van der Waals surface area contributed by atoms with Crippen molar-refractivity contribution >= 4 is 23.3 Å². The molecule has 1 saturated carbocycles. The Morgan fingerprint density at radius 1 is 1.30 bits per heavy atom. The lowest BCUT2D eigenvalue weighted by Crippen LogP contribution is -2.34. The second-order valence-electron chi connectivity index (χ2n) is 4.82. The number of hydrogen-bond donors (Lipinski definition) is 1. The summed E-state index contributed by atoms with van der Waals surface area (Å²) >= 11 is 5.55. The fourth-order valence-electron chi connectivity index (χ4n) is 2.33. The van der Waals surface area contributed by atoms with Crippen molar-refractivity contribution in [3.05, 3.63) is 17.5 Å². The molecule has 1 aromatic rings. The van der Waals surface area contributed by atoms with Crippen LogP contribution in [0.25, 0.3) is 0 Å². The van der Waals surface area contributed by atoms with Crippen molar-refractivity contribution < 1.29 is 18.0 Å². The molecule has 2 atom stereocenters. The number of nitrogens with zero attached hydrogens (tertiary/aromatic N) is 2. The lowest BCUT2D eigenvalue weighted by atomic mass is 9.80. The number of alkyl halides is 3. The lowest BCUT2D eigenvalue weighted by molar-refractivity contribution is -0.185. The first-order valence-corrected chi connectivity index (χ1v) is 6.59. The third-order valence-electron chi connectivity index (χ3n) is 3.38. The van der Waals surface area contributed by atoms with E-state index in [0.717, 1.165) is 0 Å². The van der Waals surface area contributed by atoms with Gasteiger partial charge in [-0.05, 0) is 19.3 Å². The summed E-state index contributed by atoms with van der Waals surface area (Å²) in [5.74, 6) is -2.31. The number of halogens is 4. The molecule has 0 spiro atoms. The zero-order valence-electron chi connectivity index (χ0n) is 10.5. The molecule has 0 aromatic carbocycles. The lowest BCUT2D eigenvalue weighted by Gasteiger charge is -2.29. The summed E-state index contributed by atoms with van der Waals surface area (Å²) in [7, 11) is 0. The van der Waals surface area contributed by atoms with Crippen molar-refractivity contribution in [2.24, 2.45) is 11.8 Å². The number of amides is 1. The van der Waals surface area contributed by atoms with Crippen LogP contribution in [0, 0.1) is 11.8 Å². The molecule has 1 heterocycles. The van der Waals surface area contributed by atoms with E-state index in [1.54, 1.807) is 0 Å². The van der Waals surface area contributed by atoms with E-state index >= 15 is 0 Å². The summed E-state index contributed by atoms with van der Waals surface area (Å²) in [4.78, 5) is 19.5. The van der Waals surface area contributed by atoms with Crippen molar-refractivity contribution in [1.29, 1.82) is 0 Å². The molecule has 1 aliphatic rings. The zero-order valence-corrected chi connectivity index (χ0v) is 11.2. The van der Waals surface area contributed by atoms with E-state index in [0.29, 0.717) is 12.8 Å². The highest BCUT2D eigenvalue weighted by molar-refractivity contribution is 6.29. The molecular weight excluding hydrogens is 295 g/mol. The number of nitrogens with one attached hydrogen (secondary N) is 1. The molecular formula is C12H13ClF3N3O. The molecule has 1 aliphatic carbocycles. The predicted molar refractivity (Wildman–Crippen MR) is 67.2 cm³/mol. The van der Waals surface area contributed by atoms with Gasteiger partial charge in [-0.25, -0.2) is 9.97 Å². The minimum Gasteiger partial charge on any atom is -0.309 e. The smallest absolute Gasteiger partial charge is 0.309 e. The Bertz CT molecular complexity index is 478. The van der Waals surface area contributed by atoms with Crippen molar-refractivity contribution in [3.63, 3.8) is 0 Å². The van der Waals surface area contributed by atoms with Gasteiger partial charge < -0.3 is 5.32 Å². The van der Waals surface area contributed by atoms with Crippen LogP contribution in [0.15, 0.2) is 12.4 Å². The van der Waals surface area contributed by atoms with Crippen LogP contribution in [0.5, 0.6) is 0 Å². The largest absolute Gasteiger partial charge is 0.391 e. The minimum absolute atomic E-state index is 0.0913. The Morgan fingerprint density at radius 3 is 2.65 bits per heavy atom. The highest BCUT2D eigenvalue weighted by Gasteiger charge is 2.43. The summed E-state index contributed by atoms with van der Waals surface area (Å²) in [6.07, 6.45) is -0.932. The standard InChI is InChI=1S/C12H13ClF3N3O/c13-9-5-18-10(6-17-9)19-11(20)7-2-1-3-8(4-7)12(14,15)16/h5-8H,1-4H2,(H,18,19,20). The van der Waals surface area contributed by atoms with Gasteiger partial charge in [0.25, 0.3) is 0 Å². The van der Waals surface area contributed by atoms with Gasteiger partial charge >= 0.3 is 6.18 Å². The SMILES string of the molecule is O=C(Nc1cnc(Cl)cn1)C1CCCC(C(F)(F)F)C1. The van der Waals surface area contributed by atoms with E-state index in [-0.39, 0.29) is 23.8 Å².